The molecular weight excluding hydrogens is 396 g/mol. The van der Waals surface area contributed by atoms with Crippen molar-refractivity contribution in [2.75, 3.05) is 18.9 Å². The lowest BCUT2D eigenvalue weighted by Crippen LogP contribution is -2.37. The summed E-state index contributed by atoms with van der Waals surface area (Å²) in [7, 11) is 1.75. The molecule has 2 fully saturated rings. The average Bonchev–Trinajstić information content (AvgIpc) is 3.48. The number of likely N-dealkylation sites (tertiary alicyclic amines) is 1. The summed E-state index contributed by atoms with van der Waals surface area (Å²) in [6.45, 7) is 2.23. The van der Waals surface area contributed by atoms with Gasteiger partial charge in [0.2, 0.25) is 5.91 Å². The van der Waals surface area contributed by atoms with Gasteiger partial charge in [0.25, 0.3) is 0 Å². The zero-order valence-corrected chi connectivity index (χ0v) is 17.4. The maximum absolute atomic E-state index is 12.5. The second-order valence-electron chi connectivity index (χ2n) is 7.71. The van der Waals surface area contributed by atoms with Gasteiger partial charge in [-0.2, -0.15) is 0 Å². The van der Waals surface area contributed by atoms with E-state index in [9.17, 15) is 9.59 Å². The number of nitrogens with one attached hydrogen (secondary N) is 3. The Bertz CT molecular complexity index is 1080. The molecule has 9 heteroatoms. The third-order valence-electron chi connectivity index (χ3n) is 5.59. The van der Waals surface area contributed by atoms with Crippen LogP contribution in [-0.2, 0) is 4.79 Å². The fourth-order valence-electron chi connectivity index (χ4n) is 3.64. The lowest BCUT2D eigenvalue weighted by molar-refractivity contribution is -0.129. The van der Waals surface area contributed by atoms with E-state index in [2.05, 4.69) is 20.6 Å². The number of aryl methyl sites for hydroxylation is 1. The van der Waals surface area contributed by atoms with Crippen LogP contribution in [0.1, 0.15) is 30.7 Å². The highest BCUT2D eigenvalue weighted by atomic mass is 16.5. The summed E-state index contributed by atoms with van der Waals surface area (Å²) in [4.78, 5) is 34.8. The van der Waals surface area contributed by atoms with Crippen molar-refractivity contribution in [3.05, 3.63) is 48.1 Å². The number of rotatable bonds is 6. The van der Waals surface area contributed by atoms with Gasteiger partial charge in [-0.3, -0.25) is 20.0 Å². The van der Waals surface area contributed by atoms with E-state index in [1.807, 2.05) is 0 Å². The van der Waals surface area contributed by atoms with E-state index in [0.29, 0.717) is 40.8 Å². The van der Waals surface area contributed by atoms with Crippen molar-refractivity contribution in [3.63, 3.8) is 0 Å². The number of anilines is 1. The minimum absolute atomic E-state index is 0.0771. The van der Waals surface area contributed by atoms with Gasteiger partial charge < -0.3 is 15.5 Å². The number of hydrogen-bond donors (Lipinski definition) is 3. The Morgan fingerprint density at radius 3 is 2.74 bits per heavy atom. The predicted molar refractivity (Wildman–Crippen MR) is 116 cm³/mol. The molecule has 1 saturated carbocycles. The Labute approximate surface area is 180 Å². The maximum Gasteiger partial charge on any atom is 0.329 e. The first kappa shape index (κ1) is 20.5. The molecule has 2 aromatic rings. The van der Waals surface area contributed by atoms with Crippen LogP contribution in [0.5, 0.6) is 11.5 Å². The molecule has 31 heavy (non-hydrogen) atoms. The zero-order chi connectivity index (χ0) is 22.0. The number of carbonyl (C=O) groups excluding carboxylic acids is 2. The molecule has 3 amide bonds. The van der Waals surface area contributed by atoms with Gasteiger partial charge in [-0.05, 0) is 44.4 Å². The van der Waals surface area contributed by atoms with Gasteiger partial charge in [-0.25, -0.2) is 9.78 Å². The molecule has 4 rings (SSSR count). The maximum atomic E-state index is 12.5. The molecule has 0 aromatic carbocycles. The molecule has 3 heterocycles. The minimum atomic E-state index is -0.441. The Morgan fingerprint density at radius 1 is 1.29 bits per heavy atom. The molecule has 2 aromatic heterocycles. The van der Waals surface area contributed by atoms with Crippen LogP contribution in [-0.4, -0.2) is 46.6 Å². The number of hydrogen-bond acceptors (Lipinski definition) is 7. The van der Waals surface area contributed by atoms with Crippen molar-refractivity contribution in [2.24, 2.45) is 5.41 Å². The number of carbonyl (C=O) groups is 2. The van der Waals surface area contributed by atoms with Crippen LogP contribution < -0.4 is 15.4 Å². The lowest BCUT2D eigenvalue weighted by Gasteiger charge is -2.16. The summed E-state index contributed by atoms with van der Waals surface area (Å²) >= 11 is 0. The van der Waals surface area contributed by atoms with Gasteiger partial charge in [0.15, 0.2) is 0 Å². The fourth-order valence-corrected chi connectivity index (χ4v) is 3.64. The molecule has 0 radical (unpaired) electrons. The smallest absolute Gasteiger partial charge is 0.329 e. The molecule has 0 unspecified atom stereocenters. The minimum Gasteiger partial charge on any atom is -0.455 e. The molecular formula is C22H24N6O3. The summed E-state index contributed by atoms with van der Waals surface area (Å²) in [6, 6.07) is 6.36. The van der Waals surface area contributed by atoms with Gasteiger partial charge in [0, 0.05) is 43.8 Å². The van der Waals surface area contributed by atoms with Gasteiger partial charge in [0.05, 0.1) is 16.8 Å². The topological polar surface area (TPSA) is 120 Å². The van der Waals surface area contributed by atoms with E-state index >= 15 is 0 Å². The number of pyridine rings is 2. The molecule has 0 bridgehead atoms. The third kappa shape index (κ3) is 4.11. The number of nitrogens with zero attached hydrogens (tertiary/aromatic N) is 3. The van der Waals surface area contributed by atoms with Crippen LogP contribution in [0.15, 0.2) is 36.7 Å². The fraction of sp³-hybridized carbons (Fsp3) is 0.318. The number of urea groups is 1. The highest BCUT2D eigenvalue weighted by molar-refractivity contribution is 6.07. The molecule has 160 valence electrons. The second-order valence-corrected chi connectivity index (χ2v) is 7.71. The number of ether oxygens (including phenoxy) is 1. The van der Waals surface area contributed by atoms with Crippen molar-refractivity contribution in [1.29, 1.82) is 5.41 Å². The number of amides is 3. The van der Waals surface area contributed by atoms with E-state index in [0.717, 1.165) is 19.3 Å². The molecule has 0 atom stereocenters. The Kier molecular flexibility index (Phi) is 5.41. The summed E-state index contributed by atoms with van der Waals surface area (Å²) in [5.41, 5.74) is 1.52. The van der Waals surface area contributed by atoms with Crippen LogP contribution in [0, 0.1) is 17.7 Å². The van der Waals surface area contributed by atoms with Gasteiger partial charge in [-0.1, -0.05) is 0 Å². The highest BCUT2D eigenvalue weighted by Crippen LogP contribution is 2.53. The Balaban J connectivity index is 1.45. The van der Waals surface area contributed by atoms with Crippen LogP contribution in [0.2, 0.25) is 0 Å². The van der Waals surface area contributed by atoms with E-state index in [4.69, 9.17) is 10.1 Å². The van der Waals surface area contributed by atoms with Crippen molar-refractivity contribution < 1.29 is 14.3 Å². The monoisotopic (exact) mass is 420 g/mol. The largest absolute Gasteiger partial charge is 0.455 e. The average molecular weight is 420 g/mol. The zero-order valence-electron chi connectivity index (χ0n) is 17.4. The van der Waals surface area contributed by atoms with Gasteiger partial charge in [-0.15, -0.1) is 0 Å². The lowest BCUT2D eigenvalue weighted by atomic mass is 10.1. The van der Waals surface area contributed by atoms with Crippen molar-refractivity contribution in [1.82, 2.24) is 20.2 Å². The number of imide groups is 1. The van der Waals surface area contributed by atoms with E-state index in [1.165, 1.54) is 11.1 Å². The summed E-state index contributed by atoms with van der Waals surface area (Å²) in [5, 5.41) is 13.1. The van der Waals surface area contributed by atoms with E-state index in [1.54, 1.807) is 50.6 Å². The van der Waals surface area contributed by atoms with Crippen LogP contribution in [0.25, 0.3) is 5.57 Å². The third-order valence-corrected chi connectivity index (χ3v) is 5.59. The molecule has 1 aliphatic heterocycles. The van der Waals surface area contributed by atoms with E-state index < -0.39 is 6.03 Å². The molecule has 1 saturated heterocycles. The quantitative estimate of drug-likeness (QED) is 0.617. The van der Waals surface area contributed by atoms with Crippen LogP contribution in [0.4, 0.5) is 10.6 Å². The SMILES string of the molecule is CN/C=C(\C=N)c1cc(Oc2ccc(NC(=O)N3CCC4(CC4)C3=O)nc2C)ccn1. The van der Waals surface area contributed by atoms with Crippen molar-refractivity contribution >= 4 is 29.5 Å². The van der Waals surface area contributed by atoms with Gasteiger partial charge >= 0.3 is 6.03 Å². The number of allylic oxidation sites excluding steroid dienone is 1. The van der Waals surface area contributed by atoms with E-state index in [-0.39, 0.29) is 11.3 Å². The first-order valence-corrected chi connectivity index (χ1v) is 10.1. The van der Waals surface area contributed by atoms with Gasteiger partial charge in [0.1, 0.15) is 17.3 Å². The molecule has 1 aliphatic carbocycles. The second kappa shape index (κ2) is 8.17. The highest BCUT2D eigenvalue weighted by Gasteiger charge is 2.56. The summed E-state index contributed by atoms with van der Waals surface area (Å²) in [5.74, 6) is 1.36. The molecule has 1 spiro atoms. The van der Waals surface area contributed by atoms with Crippen LogP contribution >= 0.6 is 0 Å². The molecule has 3 N–H and O–H groups in total. The van der Waals surface area contributed by atoms with Crippen LogP contribution in [0.3, 0.4) is 0 Å². The molecule has 9 nitrogen and oxygen atoms in total. The van der Waals surface area contributed by atoms with Crippen molar-refractivity contribution in [3.8, 4) is 11.5 Å². The molecule has 2 aliphatic rings. The standard InChI is InChI=1S/C22H24N6O3/c1-14-18(31-16-5-9-25-17(11-16)15(12-23)13-24-2)3-4-19(26-14)27-21(30)28-10-8-22(6-7-22)20(28)29/h3-5,9,11-13,23-24H,6-8,10H2,1-2H3,(H,26,27,30)/b15-13+,23-12?. The normalized spacial score (nSPS) is 16.9. The first-order chi connectivity index (χ1) is 15.0. The number of aromatic nitrogens is 2. The van der Waals surface area contributed by atoms with Crippen molar-refractivity contribution in [2.45, 2.75) is 26.2 Å². The Morgan fingerprint density at radius 2 is 2.10 bits per heavy atom. The first-order valence-electron chi connectivity index (χ1n) is 10.1. The Hall–Kier alpha value is -3.75. The summed E-state index contributed by atoms with van der Waals surface area (Å²) in [6.07, 6.45) is 7.00. The predicted octanol–water partition coefficient (Wildman–Crippen LogP) is 3.33. The summed E-state index contributed by atoms with van der Waals surface area (Å²) < 4.78 is 5.93.